The topological polar surface area (TPSA) is 78.0 Å². The third-order valence-corrected chi connectivity index (χ3v) is 5.29. The number of fused-ring (bicyclic) bond motifs is 1. The van der Waals surface area contributed by atoms with E-state index in [0.717, 1.165) is 16.9 Å². The monoisotopic (exact) mass is 403 g/mol. The molecule has 140 valence electrons. The highest BCUT2D eigenvalue weighted by atomic mass is 35.5. The summed E-state index contributed by atoms with van der Waals surface area (Å²) in [6.45, 7) is 2.60. The zero-order chi connectivity index (χ0) is 19.0. The van der Waals surface area contributed by atoms with E-state index >= 15 is 0 Å². The van der Waals surface area contributed by atoms with Gasteiger partial charge in [-0.05, 0) is 43.2 Å². The molecule has 0 unspecified atom stereocenters. The Morgan fingerprint density at radius 2 is 1.89 bits per heavy atom. The van der Waals surface area contributed by atoms with Crippen molar-refractivity contribution in [3.05, 3.63) is 63.6 Å². The highest BCUT2D eigenvalue weighted by molar-refractivity contribution is 6.36. The van der Waals surface area contributed by atoms with E-state index < -0.39 is 0 Å². The van der Waals surface area contributed by atoms with Gasteiger partial charge in [0.15, 0.2) is 0 Å². The summed E-state index contributed by atoms with van der Waals surface area (Å²) in [5.41, 5.74) is 7.78. The molecule has 3 aromatic rings. The van der Waals surface area contributed by atoms with Gasteiger partial charge in [-0.25, -0.2) is 4.68 Å². The molecule has 0 spiro atoms. The summed E-state index contributed by atoms with van der Waals surface area (Å²) >= 11 is 12.9. The predicted octanol–water partition coefficient (Wildman–Crippen LogP) is 4.71. The number of ether oxygens (including phenoxy) is 1. The van der Waals surface area contributed by atoms with Crippen molar-refractivity contribution in [1.82, 2.24) is 14.8 Å². The van der Waals surface area contributed by atoms with Crippen LogP contribution in [0.4, 0.5) is 11.9 Å². The summed E-state index contributed by atoms with van der Waals surface area (Å²) in [7, 11) is 0. The number of hydrogen-bond acceptors (Lipinski definition) is 5. The number of aromatic nitrogens is 3. The summed E-state index contributed by atoms with van der Waals surface area (Å²) in [4.78, 5) is 4.32. The van der Waals surface area contributed by atoms with E-state index in [9.17, 15) is 0 Å². The minimum atomic E-state index is -0.177. The number of nitrogens with two attached hydrogens (primary N) is 1. The van der Waals surface area contributed by atoms with E-state index in [2.05, 4.69) is 15.4 Å². The van der Waals surface area contributed by atoms with Crippen LogP contribution < -0.4 is 15.8 Å². The quantitative estimate of drug-likeness (QED) is 0.659. The van der Waals surface area contributed by atoms with E-state index in [1.54, 1.807) is 4.68 Å². The smallest absolute Gasteiger partial charge is 0.241 e. The van der Waals surface area contributed by atoms with Gasteiger partial charge in [-0.3, -0.25) is 0 Å². The number of halogens is 2. The van der Waals surface area contributed by atoms with Crippen molar-refractivity contribution in [3.63, 3.8) is 0 Å². The van der Waals surface area contributed by atoms with Gasteiger partial charge >= 0.3 is 0 Å². The fourth-order valence-electron chi connectivity index (χ4n) is 3.45. The molecule has 4 rings (SSSR count). The van der Waals surface area contributed by atoms with Gasteiger partial charge in [0.1, 0.15) is 5.75 Å². The normalized spacial score (nSPS) is 18.6. The first-order chi connectivity index (χ1) is 13.1. The lowest BCUT2D eigenvalue weighted by Crippen LogP contribution is -2.28. The third kappa shape index (κ3) is 3.42. The standard InChI is InChI=1S/C19H19Cl2N5O/c1-2-27-12-8-6-11(7-9-12)15-10-16(17-13(20)4-3-5-14(17)21)26-19(23-15)24-18(22)25-26/h3-9,15-16H,2,10H2,1H3,(H3,22,23,24,25)/t15-,16-/m1/s1. The van der Waals surface area contributed by atoms with Crippen molar-refractivity contribution in [1.29, 1.82) is 0 Å². The van der Waals surface area contributed by atoms with Crippen LogP contribution in [0.15, 0.2) is 42.5 Å². The Bertz CT molecular complexity index is 937. The highest BCUT2D eigenvalue weighted by Gasteiger charge is 2.33. The van der Waals surface area contributed by atoms with Gasteiger partial charge in [0.05, 0.1) is 18.7 Å². The second-order valence-corrected chi connectivity index (χ2v) is 7.14. The average molecular weight is 404 g/mol. The lowest BCUT2D eigenvalue weighted by molar-refractivity contribution is 0.340. The first-order valence-electron chi connectivity index (χ1n) is 8.72. The van der Waals surface area contributed by atoms with Gasteiger partial charge in [0.2, 0.25) is 11.9 Å². The molecule has 1 aliphatic rings. The summed E-state index contributed by atoms with van der Waals surface area (Å²) in [5, 5.41) is 8.94. The number of nitrogen functional groups attached to an aromatic ring is 1. The Morgan fingerprint density at radius 3 is 2.56 bits per heavy atom. The van der Waals surface area contributed by atoms with Crippen LogP contribution in [-0.4, -0.2) is 21.4 Å². The van der Waals surface area contributed by atoms with E-state index in [1.807, 2.05) is 49.4 Å². The van der Waals surface area contributed by atoms with Crippen molar-refractivity contribution in [3.8, 4) is 5.75 Å². The SMILES string of the molecule is CCOc1ccc([C@H]2C[C@H](c3c(Cl)cccc3Cl)n3nc(N)nc3N2)cc1. The Hall–Kier alpha value is -2.44. The minimum absolute atomic E-state index is 0.00844. The van der Waals surface area contributed by atoms with Crippen LogP contribution in [0.1, 0.15) is 36.6 Å². The van der Waals surface area contributed by atoms with Crippen molar-refractivity contribution in [2.45, 2.75) is 25.4 Å². The molecule has 1 aliphatic heterocycles. The summed E-state index contributed by atoms with van der Waals surface area (Å²) < 4.78 is 7.29. The van der Waals surface area contributed by atoms with Gasteiger partial charge in [-0.1, -0.05) is 41.4 Å². The molecule has 2 aromatic carbocycles. The number of nitrogens with zero attached hydrogens (tertiary/aromatic N) is 3. The molecule has 8 heteroatoms. The second-order valence-electron chi connectivity index (χ2n) is 6.32. The van der Waals surface area contributed by atoms with Crippen molar-refractivity contribution in [2.24, 2.45) is 0 Å². The van der Waals surface area contributed by atoms with E-state index in [-0.39, 0.29) is 18.0 Å². The molecule has 0 aliphatic carbocycles. The van der Waals surface area contributed by atoms with Gasteiger partial charge in [0.25, 0.3) is 0 Å². The maximum Gasteiger partial charge on any atom is 0.241 e. The fraction of sp³-hybridized carbons (Fsp3) is 0.263. The van der Waals surface area contributed by atoms with Gasteiger partial charge < -0.3 is 15.8 Å². The molecule has 0 bridgehead atoms. The molecule has 0 saturated heterocycles. The molecule has 0 fully saturated rings. The Balaban J connectivity index is 1.73. The van der Waals surface area contributed by atoms with Gasteiger partial charge in [0, 0.05) is 15.6 Å². The molecular weight excluding hydrogens is 385 g/mol. The van der Waals surface area contributed by atoms with Crippen molar-refractivity contribution >= 4 is 35.1 Å². The van der Waals surface area contributed by atoms with Crippen molar-refractivity contribution < 1.29 is 4.74 Å². The molecule has 27 heavy (non-hydrogen) atoms. The Labute approximate surface area is 167 Å². The molecule has 0 saturated carbocycles. The van der Waals surface area contributed by atoms with Crippen LogP contribution in [-0.2, 0) is 0 Å². The predicted molar refractivity (Wildman–Crippen MR) is 108 cm³/mol. The van der Waals surface area contributed by atoms with Crippen LogP contribution in [0.5, 0.6) is 5.75 Å². The zero-order valence-electron chi connectivity index (χ0n) is 14.7. The van der Waals surface area contributed by atoms with Crippen LogP contribution >= 0.6 is 23.2 Å². The first kappa shape index (κ1) is 17.9. The molecule has 3 N–H and O–H groups in total. The molecule has 1 aromatic heterocycles. The number of nitrogens with one attached hydrogen (secondary N) is 1. The van der Waals surface area contributed by atoms with E-state index in [1.165, 1.54) is 0 Å². The van der Waals surface area contributed by atoms with Crippen LogP contribution in [0, 0.1) is 0 Å². The molecule has 2 atom stereocenters. The number of anilines is 2. The molecule has 2 heterocycles. The summed E-state index contributed by atoms with van der Waals surface area (Å²) in [5.74, 6) is 1.65. The fourth-order valence-corrected chi connectivity index (χ4v) is 4.09. The number of benzene rings is 2. The van der Waals surface area contributed by atoms with Gasteiger partial charge in [-0.2, -0.15) is 4.98 Å². The molecule has 0 radical (unpaired) electrons. The maximum atomic E-state index is 6.47. The summed E-state index contributed by atoms with van der Waals surface area (Å²) in [6.07, 6.45) is 0.702. The van der Waals surface area contributed by atoms with Crippen LogP contribution in [0.2, 0.25) is 10.0 Å². The molecular formula is C19H19Cl2N5O. The number of rotatable bonds is 4. The third-order valence-electron chi connectivity index (χ3n) is 4.63. The second kappa shape index (κ2) is 7.29. The van der Waals surface area contributed by atoms with Gasteiger partial charge in [-0.15, -0.1) is 5.10 Å². The maximum absolute atomic E-state index is 6.47. The Kier molecular flexibility index (Phi) is 4.85. The lowest BCUT2D eigenvalue weighted by atomic mass is 9.93. The molecule has 0 amide bonds. The van der Waals surface area contributed by atoms with E-state index in [0.29, 0.717) is 29.0 Å². The largest absolute Gasteiger partial charge is 0.494 e. The van der Waals surface area contributed by atoms with Crippen LogP contribution in [0.3, 0.4) is 0 Å². The lowest BCUT2D eigenvalue weighted by Gasteiger charge is -2.32. The van der Waals surface area contributed by atoms with Crippen molar-refractivity contribution in [2.75, 3.05) is 17.7 Å². The minimum Gasteiger partial charge on any atom is -0.494 e. The van der Waals surface area contributed by atoms with E-state index in [4.69, 9.17) is 33.7 Å². The average Bonchev–Trinajstić information content (AvgIpc) is 3.02. The number of hydrogen-bond donors (Lipinski definition) is 2. The van der Waals surface area contributed by atoms with Crippen LogP contribution in [0.25, 0.3) is 0 Å². The summed E-state index contributed by atoms with van der Waals surface area (Å²) in [6, 6.07) is 13.3. The molecule has 6 nitrogen and oxygen atoms in total. The first-order valence-corrected chi connectivity index (χ1v) is 9.47. The zero-order valence-corrected chi connectivity index (χ0v) is 16.2. The Morgan fingerprint density at radius 1 is 1.19 bits per heavy atom. The highest BCUT2D eigenvalue weighted by Crippen LogP contribution is 2.42.